The normalized spacial score (nSPS) is 52.6. The molecular formula is C12H21FO7. The van der Waals surface area contributed by atoms with Crippen LogP contribution in [0.3, 0.4) is 0 Å². The highest BCUT2D eigenvalue weighted by molar-refractivity contribution is 4.99. The lowest BCUT2D eigenvalue weighted by Gasteiger charge is -2.55. The van der Waals surface area contributed by atoms with Crippen LogP contribution in [0.5, 0.6) is 0 Å². The number of aliphatic hydroxyl groups is 2. The summed E-state index contributed by atoms with van der Waals surface area (Å²) in [5, 5.41) is 19.2. The Morgan fingerprint density at radius 3 is 2.05 bits per heavy atom. The second-order valence-corrected chi connectivity index (χ2v) is 5.16. The van der Waals surface area contributed by atoms with Gasteiger partial charge >= 0.3 is 0 Å². The van der Waals surface area contributed by atoms with E-state index in [1.165, 1.54) is 14.2 Å². The Hall–Kier alpha value is -0.350. The zero-order valence-corrected chi connectivity index (χ0v) is 11.9. The summed E-state index contributed by atoms with van der Waals surface area (Å²) in [6, 6.07) is 0. The molecule has 0 aromatic carbocycles. The van der Waals surface area contributed by atoms with Crippen LogP contribution >= 0.6 is 0 Å². The van der Waals surface area contributed by atoms with Gasteiger partial charge in [0.2, 0.25) is 17.9 Å². The fourth-order valence-electron chi connectivity index (χ4n) is 2.51. The number of hydrogen-bond donors (Lipinski definition) is 2. The van der Waals surface area contributed by atoms with Crippen molar-refractivity contribution in [2.45, 2.75) is 56.2 Å². The van der Waals surface area contributed by atoms with Crippen LogP contribution in [0.1, 0.15) is 13.8 Å². The van der Waals surface area contributed by atoms with Gasteiger partial charge in [0, 0.05) is 14.2 Å². The Balaban J connectivity index is 2.33. The molecule has 2 rings (SSSR count). The molecule has 0 radical (unpaired) electrons. The van der Waals surface area contributed by atoms with Crippen molar-refractivity contribution in [1.29, 1.82) is 0 Å². The highest BCUT2D eigenvalue weighted by Crippen LogP contribution is 2.43. The predicted molar refractivity (Wildman–Crippen MR) is 63.4 cm³/mol. The number of aliphatic hydroxyl groups excluding tert-OH is 2. The van der Waals surface area contributed by atoms with E-state index in [-0.39, 0.29) is 0 Å². The highest BCUT2D eigenvalue weighted by Gasteiger charge is 2.62. The molecule has 2 aliphatic rings. The van der Waals surface area contributed by atoms with Crippen LogP contribution in [0, 0.1) is 0 Å². The predicted octanol–water partition coefficient (Wildman–Crippen LogP) is -0.457. The first kappa shape index (κ1) is 16.0. The quantitative estimate of drug-likeness (QED) is 0.729. The van der Waals surface area contributed by atoms with Crippen LogP contribution in [0.4, 0.5) is 4.39 Å². The van der Waals surface area contributed by atoms with Gasteiger partial charge in [-0.2, -0.15) is 0 Å². The molecule has 2 fully saturated rings. The van der Waals surface area contributed by atoms with Gasteiger partial charge in [-0.25, -0.2) is 4.39 Å². The standard InChI is InChI=1S/C12H21FO7/c1-11(16-3)12(2,17-4)20-9-7(15)10(13)18-6(5-14)8(9)19-11/h6-10,14-15H,5H2,1-4H3/t6-,7+,8-,9-,10+,11+,12+/m1/s1. The second-order valence-electron chi connectivity index (χ2n) is 5.16. The molecule has 118 valence electrons. The summed E-state index contributed by atoms with van der Waals surface area (Å²) in [7, 11) is 2.80. The number of halogens is 1. The fourth-order valence-corrected chi connectivity index (χ4v) is 2.51. The fraction of sp³-hybridized carbons (Fsp3) is 1.00. The minimum Gasteiger partial charge on any atom is -0.394 e. The molecule has 2 saturated heterocycles. The summed E-state index contributed by atoms with van der Waals surface area (Å²) < 4.78 is 40.6. The van der Waals surface area contributed by atoms with E-state index in [1.54, 1.807) is 13.8 Å². The summed E-state index contributed by atoms with van der Waals surface area (Å²) in [6.45, 7) is 2.69. The van der Waals surface area contributed by atoms with Crippen molar-refractivity contribution in [3.8, 4) is 0 Å². The molecule has 0 bridgehead atoms. The minimum atomic E-state index is -1.97. The number of alkyl halides is 1. The molecule has 7 atom stereocenters. The van der Waals surface area contributed by atoms with Gasteiger partial charge in [-0.1, -0.05) is 0 Å². The summed E-state index contributed by atoms with van der Waals surface area (Å²) in [6.07, 6.45) is -6.39. The van der Waals surface area contributed by atoms with Crippen LogP contribution in [0.15, 0.2) is 0 Å². The minimum absolute atomic E-state index is 0.471. The van der Waals surface area contributed by atoms with Gasteiger partial charge < -0.3 is 33.9 Å². The molecule has 8 heteroatoms. The molecular weight excluding hydrogens is 275 g/mol. The van der Waals surface area contributed by atoms with E-state index in [0.717, 1.165) is 0 Å². The average Bonchev–Trinajstić information content (AvgIpc) is 2.45. The van der Waals surface area contributed by atoms with Gasteiger partial charge in [0.15, 0.2) is 0 Å². The Bertz CT molecular complexity index is 339. The molecule has 2 N–H and O–H groups in total. The van der Waals surface area contributed by atoms with E-state index in [2.05, 4.69) is 0 Å². The maximum Gasteiger partial charge on any atom is 0.228 e. The van der Waals surface area contributed by atoms with Gasteiger partial charge in [-0.3, -0.25) is 0 Å². The Labute approximate surface area is 116 Å². The van der Waals surface area contributed by atoms with Crippen molar-refractivity contribution in [3.63, 3.8) is 0 Å². The van der Waals surface area contributed by atoms with Crippen LogP contribution in [-0.2, 0) is 23.7 Å². The molecule has 0 aromatic heterocycles. The smallest absolute Gasteiger partial charge is 0.228 e. The van der Waals surface area contributed by atoms with E-state index in [0.29, 0.717) is 0 Å². The lowest BCUT2D eigenvalue weighted by molar-refractivity contribution is -0.476. The van der Waals surface area contributed by atoms with Gasteiger partial charge in [0.25, 0.3) is 0 Å². The summed E-state index contributed by atoms with van der Waals surface area (Å²) >= 11 is 0. The van der Waals surface area contributed by atoms with Crippen LogP contribution in [0.2, 0.25) is 0 Å². The van der Waals surface area contributed by atoms with Crippen LogP contribution < -0.4 is 0 Å². The van der Waals surface area contributed by atoms with Crippen molar-refractivity contribution in [2.75, 3.05) is 20.8 Å². The molecule has 0 unspecified atom stereocenters. The molecule has 0 spiro atoms. The van der Waals surface area contributed by atoms with Crippen molar-refractivity contribution >= 4 is 0 Å². The Kier molecular flexibility index (Phi) is 4.37. The third-order valence-electron chi connectivity index (χ3n) is 4.11. The maximum absolute atomic E-state index is 13.6. The first-order chi connectivity index (χ1) is 9.31. The van der Waals surface area contributed by atoms with Crippen molar-refractivity contribution < 1.29 is 38.3 Å². The Morgan fingerprint density at radius 2 is 1.60 bits per heavy atom. The van der Waals surface area contributed by atoms with Crippen molar-refractivity contribution in [1.82, 2.24) is 0 Å². The lowest BCUT2D eigenvalue weighted by atomic mass is 9.94. The van der Waals surface area contributed by atoms with E-state index in [4.69, 9.17) is 23.7 Å². The summed E-state index contributed by atoms with van der Waals surface area (Å²) in [4.78, 5) is 0. The third-order valence-corrected chi connectivity index (χ3v) is 4.11. The van der Waals surface area contributed by atoms with E-state index >= 15 is 0 Å². The zero-order chi connectivity index (χ0) is 15.1. The number of ether oxygens (including phenoxy) is 5. The Morgan fingerprint density at radius 1 is 1.10 bits per heavy atom. The third kappa shape index (κ3) is 2.25. The van der Waals surface area contributed by atoms with Gasteiger partial charge in [0.05, 0.1) is 6.61 Å². The van der Waals surface area contributed by atoms with Gasteiger partial charge in [-0.15, -0.1) is 0 Å². The monoisotopic (exact) mass is 296 g/mol. The zero-order valence-electron chi connectivity index (χ0n) is 11.9. The molecule has 20 heavy (non-hydrogen) atoms. The second kappa shape index (κ2) is 5.45. The maximum atomic E-state index is 13.6. The molecule has 0 aliphatic carbocycles. The molecule has 2 heterocycles. The van der Waals surface area contributed by atoms with Crippen molar-refractivity contribution in [3.05, 3.63) is 0 Å². The SMILES string of the molecule is CO[C@@]1(C)O[C@@H]2[C@H](O)[C@@H](F)O[C@H](CO)[C@H]2O[C@]1(C)OC. The number of fused-ring (bicyclic) bond motifs is 1. The summed E-state index contributed by atoms with van der Waals surface area (Å²) in [5.41, 5.74) is 0. The van der Waals surface area contributed by atoms with Crippen molar-refractivity contribution in [2.24, 2.45) is 0 Å². The van der Waals surface area contributed by atoms with E-state index in [9.17, 15) is 14.6 Å². The lowest BCUT2D eigenvalue weighted by Crippen LogP contribution is -2.72. The first-order valence-electron chi connectivity index (χ1n) is 6.36. The van der Waals surface area contributed by atoms with Crippen LogP contribution in [-0.4, -0.2) is 73.4 Å². The number of rotatable bonds is 3. The molecule has 2 aliphatic heterocycles. The van der Waals surface area contributed by atoms with E-state index in [1.807, 2.05) is 0 Å². The topological polar surface area (TPSA) is 86.6 Å². The van der Waals surface area contributed by atoms with Crippen LogP contribution in [0.25, 0.3) is 0 Å². The van der Waals surface area contributed by atoms with Gasteiger partial charge in [-0.05, 0) is 13.8 Å². The molecule has 0 saturated carbocycles. The molecule has 0 amide bonds. The molecule has 7 nitrogen and oxygen atoms in total. The van der Waals surface area contributed by atoms with Gasteiger partial charge in [0.1, 0.15) is 24.4 Å². The number of hydrogen-bond acceptors (Lipinski definition) is 7. The largest absolute Gasteiger partial charge is 0.394 e. The van der Waals surface area contributed by atoms with E-state index < -0.39 is 49.0 Å². The first-order valence-corrected chi connectivity index (χ1v) is 6.36. The highest BCUT2D eigenvalue weighted by atomic mass is 19.1. The summed E-state index contributed by atoms with van der Waals surface area (Å²) in [5.74, 6) is -2.65. The average molecular weight is 296 g/mol. The molecule has 0 aromatic rings. The number of methoxy groups -OCH3 is 2.